The van der Waals surface area contributed by atoms with Gasteiger partial charge >= 0.3 is 0 Å². The van der Waals surface area contributed by atoms with Crippen LogP contribution in [0.1, 0.15) is 32.5 Å². The lowest BCUT2D eigenvalue weighted by atomic mass is 10.2. The van der Waals surface area contributed by atoms with Crippen molar-refractivity contribution in [2.45, 2.75) is 20.0 Å². The summed E-state index contributed by atoms with van der Waals surface area (Å²) in [7, 11) is 0. The predicted molar refractivity (Wildman–Crippen MR) is 125 cm³/mol. The molecule has 3 N–H and O–H groups in total. The second kappa shape index (κ2) is 11.1. The van der Waals surface area contributed by atoms with Crippen LogP contribution in [0.4, 0.5) is 5.69 Å². The number of ether oxygens (including phenoxy) is 1. The summed E-state index contributed by atoms with van der Waals surface area (Å²) >= 11 is 1.36. The Bertz CT molecular complexity index is 1070. The Balaban J connectivity index is 1.42. The van der Waals surface area contributed by atoms with Gasteiger partial charge < -0.3 is 20.7 Å². The number of benzene rings is 2. The molecule has 1 atom stereocenters. The average molecular weight is 452 g/mol. The van der Waals surface area contributed by atoms with Crippen molar-refractivity contribution in [2.75, 3.05) is 18.4 Å². The molecule has 0 fully saturated rings. The molecule has 2 aromatic carbocycles. The summed E-state index contributed by atoms with van der Waals surface area (Å²) in [5.41, 5.74) is 2.07. The summed E-state index contributed by atoms with van der Waals surface area (Å²) in [6.07, 6.45) is -0.677. The molecular formula is C24H25N3O4S. The lowest BCUT2D eigenvalue weighted by Gasteiger charge is -2.15. The van der Waals surface area contributed by atoms with E-state index in [4.69, 9.17) is 4.74 Å². The fourth-order valence-corrected chi connectivity index (χ4v) is 3.48. The number of nitrogens with one attached hydrogen (secondary N) is 3. The molecular weight excluding hydrogens is 426 g/mol. The van der Waals surface area contributed by atoms with Gasteiger partial charge in [-0.3, -0.25) is 14.4 Å². The minimum Gasteiger partial charge on any atom is -0.481 e. The van der Waals surface area contributed by atoms with E-state index in [9.17, 15) is 14.4 Å². The number of rotatable bonds is 9. The fourth-order valence-electron chi connectivity index (χ4n) is 2.84. The van der Waals surface area contributed by atoms with Gasteiger partial charge in [0.2, 0.25) is 0 Å². The number of thiophene rings is 1. The van der Waals surface area contributed by atoms with Gasteiger partial charge in [-0.2, -0.15) is 0 Å². The number of aryl methyl sites for hydroxylation is 1. The maximum Gasteiger partial charge on any atom is 0.265 e. The van der Waals surface area contributed by atoms with Gasteiger partial charge in [-0.1, -0.05) is 18.2 Å². The van der Waals surface area contributed by atoms with Gasteiger partial charge in [0.25, 0.3) is 17.7 Å². The van der Waals surface area contributed by atoms with E-state index >= 15 is 0 Å². The summed E-state index contributed by atoms with van der Waals surface area (Å²) in [5, 5.41) is 10.1. The smallest absolute Gasteiger partial charge is 0.265 e. The summed E-state index contributed by atoms with van der Waals surface area (Å²) in [6, 6.07) is 17.6. The van der Waals surface area contributed by atoms with Crippen LogP contribution in [-0.2, 0) is 4.79 Å². The van der Waals surface area contributed by atoms with E-state index in [1.807, 2.05) is 36.6 Å². The number of anilines is 1. The highest BCUT2D eigenvalue weighted by Crippen LogP contribution is 2.16. The molecule has 0 aliphatic heterocycles. The molecule has 0 spiro atoms. The minimum absolute atomic E-state index is 0.157. The summed E-state index contributed by atoms with van der Waals surface area (Å²) in [6.45, 7) is 4.27. The van der Waals surface area contributed by atoms with Crippen LogP contribution in [0.3, 0.4) is 0 Å². The summed E-state index contributed by atoms with van der Waals surface area (Å²) in [5.74, 6) is -0.0733. The molecule has 8 heteroatoms. The van der Waals surface area contributed by atoms with Crippen LogP contribution >= 0.6 is 11.3 Å². The number of carbonyl (C=O) groups is 3. The predicted octanol–water partition coefficient (Wildman–Crippen LogP) is 3.62. The highest BCUT2D eigenvalue weighted by molar-refractivity contribution is 7.12. The Morgan fingerprint density at radius 1 is 0.938 bits per heavy atom. The summed E-state index contributed by atoms with van der Waals surface area (Å²) < 4.78 is 5.68. The van der Waals surface area contributed by atoms with E-state index < -0.39 is 6.10 Å². The third-order valence-electron chi connectivity index (χ3n) is 4.53. The molecule has 0 saturated heterocycles. The van der Waals surface area contributed by atoms with Gasteiger partial charge in [0.15, 0.2) is 6.10 Å². The van der Waals surface area contributed by atoms with Gasteiger partial charge in [0.1, 0.15) is 5.75 Å². The highest BCUT2D eigenvalue weighted by Gasteiger charge is 2.15. The molecule has 1 heterocycles. The van der Waals surface area contributed by atoms with Gasteiger partial charge in [-0.05, 0) is 67.3 Å². The lowest BCUT2D eigenvalue weighted by Crippen LogP contribution is -2.34. The molecule has 0 aliphatic rings. The van der Waals surface area contributed by atoms with Crippen molar-refractivity contribution in [3.63, 3.8) is 0 Å². The largest absolute Gasteiger partial charge is 0.481 e. The molecule has 0 aliphatic carbocycles. The molecule has 3 rings (SSSR count). The third kappa shape index (κ3) is 6.68. The highest BCUT2D eigenvalue weighted by atomic mass is 32.1. The third-order valence-corrected chi connectivity index (χ3v) is 5.40. The van der Waals surface area contributed by atoms with Gasteiger partial charge in [-0.15, -0.1) is 11.3 Å². The van der Waals surface area contributed by atoms with Crippen molar-refractivity contribution in [2.24, 2.45) is 0 Å². The van der Waals surface area contributed by atoms with E-state index in [2.05, 4.69) is 16.0 Å². The van der Waals surface area contributed by atoms with Gasteiger partial charge in [0, 0.05) is 24.3 Å². The second-order valence-electron chi connectivity index (χ2n) is 7.13. The van der Waals surface area contributed by atoms with Crippen LogP contribution in [-0.4, -0.2) is 36.9 Å². The normalized spacial score (nSPS) is 11.3. The maximum absolute atomic E-state index is 12.4. The van der Waals surface area contributed by atoms with Gasteiger partial charge in [0.05, 0.1) is 4.88 Å². The molecule has 7 nitrogen and oxygen atoms in total. The van der Waals surface area contributed by atoms with Crippen molar-refractivity contribution >= 4 is 34.7 Å². The van der Waals surface area contributed by atoms with Gasteiger partial charge in [-0.25, -0.2) is 0 Å². The molecule has 3 amide bonds. The van der Waals surface area contributed by atoms with Crippen LogP contribution in [0.2, 0.25) is 0 Å². The van der Waals surface area contributed by atoms with E-state index in [1.54, 1.807) is 43.3 Å². The Morgan fingerprint density at radius 2 is 1.66 bits per heavy atom. The van der Waals surface area contributed by atoms with Crippen LogP contribution in [0.5, 0.6) is 5.75 Å². The number of carbonyl (C=O) groups excluding carboxylic acids is 3. The maximum atomic E-state index is 12.4. The van der Waals surface area contributed by atoms with Crippen molar-refractivity contribution in [3.8, 4) is 5.75 Å². The first-order chi connectivity index (χ1) is 15.4. The van der Waals surface area contributed by atoms with Crippen LogP contribution in [0.25, 0.3) is 0 Å². The van der Waals surface area contributed by atoms with E-state index in [0.717, 1.165) is 5.56 Å². The Labute approximate surface area is 190 Å². The Kier molecular flexibility index (Phi) is 7.99. The molecule has 0 radical (unpaired) electrons. The minimum atomic E-state index is -0.677. The average Bonchev–Trinajstić information content (AvgIpc) is 3.32. The Hall–Kier alpha value is -3.65. The van der Waals surface area contributed by atoms with Crippen molar-refractivity contribution < 1.29 is 19.1 Å². The van der Waals surface area contributed by atoms with Crippen molar-refractivity contribution in [1.82, 2.24) is 10.6 Å². The SMILES string of the molecule is Cc1cccc(OC(C)C(=O)Nc2ccc(C(=O)NCCNC(=O)c3cccs3)cc2)c1. The summed E-state index contributed by atoms with van der Waals surface area (Å²) in [4.78, 5) is 37.1. The van der Waals surface area contributed by atoms with E-state index in [0.29, 0.717) is 35.0 Å². The zero-order valence-corrected chi connectivity index (χ0v) is 18.7. The topological polar surface area (TPSA) is 96.5 Å². The first-order valence-corrected chi connectivity index (χ1v) is 11.0. The van der Waals surface area contributed by atoms with E-state index in [-0.39, 0.29) is 17.7 Å². The van der Waals surface area contributed by atoms with Crippen molar-refractivity contribution in [1.29, 1.82) is 0 Å². The standard InChI is InChI=1S/C24H25N3O4S/c1-16-5-3-6-20(15-16)31-17(2)22(28)27-19-10-8-18(9-11-19)23(29)25-12-13-26-24(30)21-7-4-14-32-21/h3-11,14-15,17H,12-13H2,1-2H3,(H,25,29)(H,26,30)(H,27,28). The molecule has 3 aromatic rings. The number of amides is 3. The number of hydrogen-bond acceptors (Lipinski definition) is 5. The molecule has 166 valence electrons. The van der Waals surface area contributed by atoms with Crippen LogP contribution in [0, 0.1) is 6.92 Å². The molecule has 0 bridgehead atoms. The Morgan fingerprint density at radius 3 is 2.31 bits per heavy atom. The number of hydrogen-bond donors (Lipinski definition) is 3. The molecule has 32 heavy (non-hydrogen) atoms. The lowest BCUT2D eigenvalue weighted by molar-refractivity contribution is -0.122. The van der Waals surface area contributed by atoms with E-state index in [1.165, 1.54) is 11.3 Å². The molecule has 1 unspecified atom stereocenters. The fraction of sp³-hybridized carbons (Fsp3) is 0.208. The van der Waals surface area contributed by atoms with Crippen LogP contribution < -0.4 is 20.7 Å². The molecule has 1 aromatic heterocycles. The monoisotopic (exact) mass is 451 g/mol. The van der Waals surface area contributed by atoms with Crippen molar-refractivity contribution in [3.05, 3.63) is 82.0 Å². The van der Waals surface area contributed by atoms with Crippen LogP contribution in [0.15, 0.2) is 66.0 Å². The zero-order chi connectivity index (χ0) is 22.9. The quantitative estimate of drug-likeness (QED) is 0.433. The first kappa shape index (κ1) is 23.0. The zero-order valence-electron chi connectivity index (χ0n) is 17.9. The first-order valence-electron chi connectivity index (χ1n) is 10.2. The molecule has 0 saturated carbocycles. The second-order valence-corrected chi connectivity index (χ2v) is 8.08.